The number of hydrogen-bond donors (Lipinski definition) is 0. The van der Waals surface area contributed by atoms with Crippen LogP contribution in [0.5, 0.6) is 0 Å². The number of fused-ring (bicyclic) bond motifs is 12. The van der Waals surface area contributed by atoms with Gasteiger partial charge in [-0.3, -0.25) is 0 Å². The number of benzene rings is 13. The van der Waals surface area contributed by atoms with Gasteiger partial charge in [0, 0.05) is 0 Å². The molecule has 0 saturated heterocycles. The van der Waals surface area contributed by atoms with Crippen molar-refractivity contribution in [3.8, 4) is 44.5 Å². The molecule has 0 N–H and O–H groups in total. The zero-order valence-electron chi connectivity index (χ0n) is 40.0. The molecule has 0 saturated carbocycles. The zero-order chi connectivity index (χ0) is 46.3. The first-order chi connectivity index (χ1) is 33.4. The predicted octanol–water partition coefficient (Wildman–Crippen LogP) is 18.9. The topological polar surface area (TPSA) is 0 Å². The van der Waals surface area contributed by atoms with Gasteiger partial charge >= 0.3 is 0 Å². The molecule has 0 heterocycles. The van der Waals surface area contributed by atoms with Crippen LogP contribution < -0.4 is 0 Å². The third kappa shape index (κ3) is 5.24. The average molecular weight is 879 g/mol. The quantitative estimate of drug-likeness (QED) is 0.152. The van der Waals surface area contributed by atoms with Crippen LogP contribution in [0.1, 0.15) is 74.9 Å². The minimum Gasteiger partial charge on any atom is -0.0619 e. The second-order valence-corrected chi connectivity index (χ2v) is 22.5. The van der Waals surface area contributed by atoms with E-state index >= 15 is 0 Å². The SMILES string of the molecule is CC(C)(C)c1cc2ccc3cc(-c4ccc5c(c4)C4(c6ccccc6-c6ccccc64)c4c-5ccc5cc(-c6cc7ccc8cc(C(C)(C)C)cc9ccc(c6)c7c89)ccc45)cc4ccc(c1)c2c34. The van der Waals surface area contributed by atoms with Gasteiger partial charge in [0.05, 0.1) is 5.41 Å². The van der Waals surface area contributed by atoms with Crippen LogP contribution in [-0.2, 0) is 16.2 Å². The Morgan fingerprint density at radius 3 is 1.07 bits per heavy atom. The maximum atomic E-state index is 2.55. The molecule has 0 heteroatoms. The van der Waals surface area contributed by atoms with Crippen molar-refractivity contribution >= 4 is 75.4 Å². The first kappa shape index (κ1) is 39.2. The molecule has 0 unspecified atom stereocenters. The van der Waals surface area contributed by atoms with Gasteiger partial charge in [-0.2, -0.15) is 0 Å². The fourth-order valence-corrected chi connectivity index (χ4v) is 13.2. The normalized spacial score (nSPS) is 14.1. The largest absolute Gasteiger partial charge is 0.0731 e. The lowest BCUT2D eigenvalue weighted by molar-refractivity contribution is 0.591. The number of rotatable bonds is 2. The van der Waals surface area contributed by atoms with Crippen molar-refractivity contribution in [3.05, 3.63) is 228 Å². The molecule has 326 valence electrons. The summed E-state index contributed by atoms with van der Waals surface area (Å²) in [6.45, 7) is 13.8. The second-order valence-electron chi connectivity index (χ2n) is 22.5. The van der Waals surface area contributed by atoms with E-state index in [1.165, 1.54) is 153 Å². The van der Waals surface area contributed by atoms with E-state index in [2.05, 4.69) is 236 Å². The second kappa shape index (κ2) is 13.2. The molecule has 13 aromatic carbocycles. The molecule has 15 rings (SSSR count). The molecule has 0 amide bonds. The fraction of sp³-hybridized carbons (Fsp3) is 0.130. The van der Waals surface area contributed by atoms with Crippen molar-refractivity contribution in [2.75, 3.05) is 0 Å². The molecule has 0 aliphatic heterocycles. The average Bonchev–Trinajstić information content (AvgIpc) is 3.83. The lowest BCUT2D eigenvalue weighted by atomic mass is 9.69. The molecule has 0 aromatic heterocycles. The highest BCUT2D eigenvalue weighted by molar-refractivity contribution is 6.25. The van der Waals surface area contributed by atoms with Crippen molar-refractivity contribution in [3.63, 3.8) is 0 Å². The minimum atomic E-state index is -0.487. The summed E-state index contributed by atoms with van der Waals surface area (Å²) in [7, 11) is 0. The zero-order valence-corrected chi connectivity index (χ0v) is 40.0. The molecular formula is C69H50. The monoisotopic (exact) mass is 878 g/mol. The first-order valence-electron chi connectivity index (χ1n) is 24.8. The molecule has 0 bridgehead atoms. The Bertz CT molecular complexity index is 4190. The lowest BCUT2D eigenvalue weighted by Gasteiger charge is -2.32. The Morgan fingerprint density at radius 1 is 0.275 bits per heavy atom. The summed E-state index contributed by atoms with van der Waals surface area (Å²) in [5.74, 6) is 0. The Balaban J connectivity index is 0.916. The molecule has 0 radical (unpaired) electrons. The summed E-state index contributed by atoms with van der Waals surface area (Å²) in [4.78, 5) is 0. The van der Waals surface area contributed by atoms with Gasteiger partial charge in [0.15, 0.2) is 0 Å². The van der Waals surface area contributed by atoms with Gasteiger partial charge in [-0.15, -0.1) is 0 Å². The first-order valence-corrected chi connectivity index (χ1v) is 24.8. The van der Waals surface area contributed by atoms with E-state index in [1.54, 1.807) is 0 Å². The molecular weight excluding hydrogens is 829 g/mol. The summed E-state index contributed by atoms with van der Waals surface area (Å²) >= 11 is 0. The molecule has 2 aliphatic rings. The van der Waals surface area contributed by atoms with Crippen LogP contribution in [0.2, 0.25) is 0 Å². The van der Waals surface area contributed by atoms with E-state index in [4.69, 9.17) is 0 Å². The van der Waals surface area contributed by atoms with Gasteiger partial charge in [0.2, 0.25) is 0 Å². The lowest BCUT2D eigenvalue weighted by Crippen LogP contribution is -2.26. The molecule has 0 nitrogen and oxygen atoms in total. The van der Waals surface area contributed by atoms with Crippen LogP contribution >= 0.6 is 0 Å². The third-order valence-electron chi connectivity index (χ3n) is 16.5. The predicted molar refractivity (Wildman–Crippen MR) is 296 cm³/mol. The Labute approximate surface area is 403 Å². The Hall–Kier alpha value is -7.80. The summed E-state index contributed by atoms with van der Waals surface area (Å²) < 4.78 is 0. The van der Waals surface area contributed by atoms with Crippen LogP contribution in [0.3, 0.4) is 0 Å². The standard InChI is InChI=1S/C69H50/c1-67(2,3)52-34-46-19-15-42-30-50(31-43-16-20-47(35-52)64(46)62(42)43)39-23-26-54-41(29-39)25-28-58-57-27-24-40(38-61(57)69(66(54)58)59-13-9-7-11-55(59)56-12-8-10-14-60(56)69)51-32-44-17-21-48-36-53(68(4,5)6)37-49-22-18-45(33-51)63(44)65(48)49/h7-38H,1-6H3. The summed E-state index contributed by atoms with van der Waals surface area (Å²) in [5, 5.41) is 18.5. The van der Waals surface area contributed by atoms with Crippen molar-refractivity contribution < 1.29 is 0 Å². The van der Waals surface area contributed by atoms with Crippen molar-refractivity contribution in [2.45, 2.75) is 57.8 Å². The van der Waals surface area contributed by atoms with Gasteiger partial charge in [0.25, 0.3) is 0 Å². The fourth-order valence-electron chi connectivity index (χ4n) is 13.2. The van der Waals surface area contributed by atoms with Crippen LogP contribution in [0.25, 0.3) is 120 Å². The highest BCUT2D eigenvalue weighted by Gasteiger charge is 2.52. The number of hydrogen-bond acceptors (Lipinski definition) is 0. The maximum Gasteiger partial charge on any atom is 0.0731 e. The minimum absolute atomic E-state index is 0.0853. The van der Waals surface area contributed by atoms with Crippen LogP contribution in [-0.4, -0.2) is 0 Å². The Morgan fingerprint density at radius 2 is 0.623 bits per heavy atom. The highest BCUT2D eigenvalue weighted by atomic mass is 14.5. The van der Waals surface area contributed by atoms with Gasteiger partial charge in [-0.05, 0) is 201 Å². The van der Waals surface area contributed by atoms with Crippen molar-refractivity contribution in [1.82, 2.24) is 0 Å². The van der Waals surface area contributed by atoms with Crippen LogP contribution in [0.4, 0.5) is 0 Å². The van der Waals surface area contributed by atoms with E-state index < -0.39 is 5.41 Å². The van der Waals surface area contributed by atoms with E-state index in [9.17, 15) is 0 Å². The van der Waals surface area contributed by atoms with Gasteiger partial charge in [-0.25, -0.2) is 0 Å². The molecule has 69 heavy (non-hydrogen) atoms. The molecule has 2 aliphatic carbocycles. The van der Waals surface area contributed by atoms with Gasteiger partial charge in [-0.1, -0.05) is 199 Å². The van der Waals surface area contributed by atoms with E-state index in [-0.39, 0.29) is 10.8 Å². The summed E-state index contributed by atoms with van der Waals surface area (Å²) in [6, 6.07) is 75.8. The van der Waals surface area contributed by atoms with Gasteiger partial charge in [0.1, 0.15) is 0 Å². The molecule has 13 aromatic rings. The van der Waals surface area contributed by atoms with E-state index in [0.29, 0.717) is 0 Å². The molecule has 0 atom stereocenters. The van der Waals surface area contributed by atoms with Crippen molar-refractivity contribution in [1.29, 1.82) is 0 Å². The van der Waals surface area contributed by atoms with Crippen LogP contribution in [0, 0.1) is 0 Å². The summed E-state index contributed by atoms with van der Waals surface area (Å²) in [5.41, 5.74) is 18.2. The van der Waals surface area contributed by atoms with E-state index in [1.807, 2.05) is 0 Å². The highest BCUT2D eigenvalue weighted by Crippen LogP contribution is 2.64. The molecule has 1 spiro atoms. The van der Waals surface area contributed by atoms with Gasteiger partial charge < -0.3 is 0 Å². The Kier molecular flexibility index (Phi) is 7.53. The summed E-state index contributed by atoms with van der Waals surface area (Å²) in [6.07, 6.45) is 0. The smallest absolute Gasteiger partial charge is 0.0619 e. The maximum absolute atomic E-state index is 2.55. The van der Waals surface area contributed by atoms with Crippen LogP contribution in [0.15, 0.2) is 194 Å². The molecule has 0 fully saturated rings. The van der Waals surface area contributed by atoms with E-state index in [0.717, 1.165) is 0 Å². The third-order valence-corrected chi connectivity index (χ3v) is 16.5. The van der Waals surface area contributed by atoms with Crippen molar-refractivity contribution in [2.24, 2.45) is 0 Å².